The molecule has 0 aromatic rings. The van der Waals surface area contributed by atoms with Crippen LogP contribution < -0.4 is 0 Å². The van der Waals surface area contributed by atoms with E-state index in [1.54, 1.807) is 0 Å². The van der Waals surface area contributed by atoms with E-state index in [1.807, 2.05) is 13.8 Å². The van der Waals surface area contributed by atoms with Crippen LogP contribution in [-0.4, -0.2) is 93.7 Å². The van der Waals surface area contributed by atoms with Crippen molar-refractivity contribution in [1.29, 1.82) is 0 Å². The number of aliphatic hydroxyl groups is 3. The van der Waals surface area contributed by atoms with Gasteiger partial charge < -0.3 is 0 Å². The summed E-state index contributed by atoms with van der Waals surface area (Å²) in [6, 6.07) is 0.506. The molecule has 3 aliphatic carbocycles. The van der Waals surface area contributed by atoms with Crippen LogP contribution in [0.25, 0.3) is 0 Å². The molecule has 3 spiro atoms. The van der Waals surface area contributed by atoms with Gasteiger partial charge in [-0.1, -0.05) is 0 Å². The summed E-state index contributed by atoms with van der Waals surface area (Å²) in [4.78, 5) is 2.40. The van der Waals surface area contributed by atoms with E-state index in [4.69, 9.17) is 14.2 Å². The zero-order valence-corrected chi connectivity index (χ0v) is 27.3. The fourth-order valence-electron chi connectivity index (χ4n) is 12.1. The zero-order chi connectivity index (χ0) is 28.0. The van der Waals surface area contributed by atoms with E-state index in [2.05, 4.69) is 25.8 Å². The number of hydrogen-bond acceptors (Lipinski definition) is 7. The van der Waals surface area contributed by atoms with Gasteiger partial charge in [-0.3, -0.25) is 0 Å². The van der Waals surface area contributed by atoms with E-state index in [-0.39, 0.29) is 25.0 Å². The monoisotopic (exact) mass is 673 g/mol. The molecule has 228 valence electrons. The van der Waals surface area contributed by atoms with Crippen molar-refractivity contribution in [3.05, 3.63) is 0 Å². The number of nitrogens with zero attached hydrogens (tertiary/aromatic N) is 1. The Morgan fingerprint density at radius 2 is 1.77 bits per heavy atom. The summed E-state index contributed by atoms with van der Waals surface area (Å²) in [5.74, 6) is 1.71. The summed E-state index contributed by atoms with van der Waals surface area (Å²) in [6.45, 7) is 9.30. The van der Waals surface area contributed by atoms with E-state index in [0.717, 1.165) is 28.6 Å². The number of rotatable bonds is 3. The van der Waals surface area contributed by atoms with Gasteiger partial charge in [-0.25, -0.2) is 0 Å². The van der Waals surface area contributed by atoms with Crippen molar-refractivity contribution in [3.8, 4) is 0 Å². The molecular formula is C32H52INO6. The van der Waals surface area contributed by atoms with Gasteiger partial charge in [-0.2, -0.15) is 0 Å². The van der Waals surface area contributed by atoms with Gasteiger partial charge in [-0.05, 0) is 0 Å². The van der Waals surface area contributed by atoms with Gasteiger partial charge in [0.15, 0.2) is 0 Å². The van der Waals surface area contributed by atoms with Crippen molar-refractivity contribution in [2.75, 3.05) is 18.1 Å². The van der Waals surface area contributed by atoms with E-state index in [1.165, 1.54) is 49.4 Å². The third kappa shape index (κ3) is 3.37. The minimum absolute atomic E-state index is 0.0458. The fourth-order valence-corrected chi connectivity index (χ4v) is 25.2. The Kier molecular flexibility index (Phi) is 6.15. The molecule has 2 bridgehead atoms. The van der Waals surface area contributed by atoms with Crippen molar-refractivity contribution in [1.82, 2.24) is 4.90 Å². The normalized spacial score (nSPS) is 59.5. The standard InChI is InChI=1S/C32H52INO6/c1-18-30-10-8-20(34(5)26-15-21(35)22(36)17-38-26)14-19(30)9-13-33-25-16-32-24(29(25,4)11-12-31(18,30)33)7-6-23(39-32)27(40-32)28(2,3)37/h18-27,35-37H,6-17H2,1-5H3/t18-,19?,20+,21+,22-,23-,24?,25?,26?,27+,29-,30?,31-,32?/m1/s1. The van der Waals surface area contributed by atoms with Gasteiger partial charge in [0, 0.05) is 0 Å². The maximum absolute atomic E-state index is 10.9. The Balaban J connectivity index is 1.03. The second-order valence-corrected chi connectivity index (χ2v) is 22.7. The molecule has 0 aromatic carbocycles. The molecule has 3 saturated carbocycles. The van der Waals surface area contributed by atoms with Crippen molar-refractivity contribution in [3.63, 3.8) is 0 Å². The summed E-state index contributed by atoms with van der Waals surface area (Å²) in [6.07, 6.45) is 10.2. The van der Waals surface area contributed by atoms with Crippen LogP contribution in [0, 0.1) is 28.6 Å². The van der Waals surface area contributed by atoms with Crippen LogP contribution in [-0.2, 0) is 14.2 Å². The molecule has 0 aromatic heterocycles. The molecule has 5 heterocycles. The van der Waals surface area contributed by atoms with Crippen LogP contribution in [0.4, 0.5) is 0 Å². The number of ether oxygens (including phenoxy) is 3. The molecule has 0 amide bonds. The van der Waals surface area contributed by atoms with E-state index >= 15 is 0 Å². The van der Waals surface area contributed by atoms with Crippen molar-refractivity contribution in [2.45, 2.75) is 147 Å². The number of alkyl halides is 3. The van der Waals surface area contributed by atoms with Crippen LogP contribution in [0.1, 0.15) is 91.9 Å². The molecule has 8 aliphatic rings. The van der Waals surface area contributed by atoms with Gasteiger partial charge >= 0.3 is 248 Å². The molecule has 8 heteroatoms. The molecule has 5 saturated heterocycles. The molecule has 40 heavy (non-hydrogen) atoms. The SMILES string of the molecule is C[C@@H]1C23CC[C@H](N(C)C4C[C@H](O)[C@H](O)CO4)CC2CCI2C4CC56O[C@H](CCC5[C@@]4(C)CC[C@]123)[C@@H](C(C)(C)O)O6. The molecule has 7 nitrogen and oxygen atoms in total. The predicted molar refractivity (Wildman–Crippen MR) is 160 cm³/mol. The first-order valence-corrected chi connectivity index (χ1v) is 20.1. The summed E-state index contributed by atoms with van der Waals surface area (Å²) in [5, 5.41) is 31.2. The maximum atomic E-state index is 10.9. The van der Waals surface area contributed by atoms with Crippen LogP contribution in [0.5, 0.6) is 0 Å². The van der Waals surface area contributed by atoms with Crippen molar-refractivity contribution >= 4 is 19.8 Å². The first-order valence-electron chi connectivity index (χ1n) is 16.3. The predicted octanol–water partition coefficient (Wildman–Crippen LogP) is 4.07. The molecule has 3 N–H and O–H groups in total. The first-order chi connectivity index (χ1) is 18.9. The van der Waals surface area contributed by atoms with Crippen LogP contribution in [0.2, 0.25) is 0 Å². The molecule has 0 radical (unpaired) electrons. The van der Waals surface area contributed by atoms with Crippen molar-refractivity contribution in [2.24, 2.45) is 28.6 Å². The van der Waals surface area contributed by atoms with Crippen LogP contribution >= 0.6 is 19.8 Å². The summed E-state index contributed by atoms with van der Waals surface area (Å²) in [7, 11) is 2.19. The number of fused-ring (bicyclic) bond motifs is 4. The second-order valence-electron chi connectivity index (χ2n) is 15.9. The number of aliphatic hydroxyl groups excluding tert-OH is 2. The third-order valence-electron chi connectivity index (χ3n) is 14.1. The summed E-state index contributed by atoms with van der Waals surface area (Å²) < 4.78 is 22.7. The van der Waals surface area contributed by atoms with Gasteiger partial charge in [0.25, 0.3) is 0 Å². The molecule has 6 unspecified atom stereocenters. The molecule has 8 fully saturated rings. The molecule has 5 aliphatic heterocycles. The fraction of sp³-hybridized carbons (Fsp3) is 1.00. The van der Waals surface area contributed by atoms with E-state index < -0.39 is 43.4 Å². The van der Waals surface area contributed by atoms with Gasteiger partial charge in [0.1, 0.15) is 0 Å². The Bertz CT molecular complexity index is 1050. The summed E-state index contributed by atoms with van der Waals surface area (Å²) >= 11 is -1.34. The zero-order valence-electron chi connectivity index (χ0n) is 25.2. The molecule has 14 atom stereocenters. The Labute approximate surface area is 247 Å². The molecular weight excluding hydrogens is 621 g/mol. The summed E-state index contributed by atoms with van der Waals surface area (Å²) in [5.41, 5.74) is 0.0310. The third-order valence-corrected chi connectivity index (χ3v) is 24.5. The van der Waals surface area contributed by atoms with Crippen LogP contribution in [0.15, 0.2) is 0 Å². The average molecular weight is 674 g/mol. The van der Waals surface area contributed by atoms with E-state index in [0.29, 0.717) is 32.6 Å². The quantitative estimate of drug-likeness (QED) is 0.308. The minimum atomic E-state index is -1.34. The van der Waals surface area contributed by atoms with Gasteiger partial charge in [-0.15, -0.1) is 0 Å². The number of halogens is 1. The molecule has 8 rings (SSSR count). The first kappa shape index (κ1) is 28.0. The van der Waals surface area contributed by atoms with Crippen molar-refractivity contribution < 1.29 is 29.5 Å². The average Bonchev–Trinajstić information content (AvgIpc) is 3.15. The second kappa shape index (κ2) is 8.79. The number of hydrogen-bond donors (Lipinski definition) is 3. The Hall–Kier alpha value is 0.450. The van der Waals surface area contributed by atoms with E-state index in [9.17, 15) is 15.3 Å². The van der Waals surface area contributed by atoms with Crippen LogP contribution in [0.3, 0.4) is 0 Å². The Morgan fingerprint density at radius 1 is 0.975 bits per heavy atom. The van der Waals surface area contributed by atoms with Gasteiger partial charge in [0.2, 0.25) is 0 Å². The Morgan fingerprint density at radius 3 is 2.52 bits per heavy atom. The topological polar surface area (TPSA) is 91.6 Å². The van der Waals surface area contributed by atoms with Gasteiger partial charge in [0.05, 0.1) is 0 Å².